The predicted octanol–water partition coefficient (Wildman–Crippen LogP) is 4.33. The molecule has 1 aromatic heterocycles. The van der Waals surface area contributed by atoms with Gasteiger partial charge < -0.3 is 15.4 Å². The van der Waals surface area contributed by atoms with Crippen LogP contribution >= 0.6 is 35.4 Å². The van der Waals surface area contributed by atoms with Crippen LogP contribution in [0.3, 0.4) is 0 Å². The lowest BCUT2D eigenvalue weighted by atomic mass is 10.2. The Bertz CT molecular complexity index is 897. The molecule has 10 heteroatoms. The maximum Gasteiger partial charge on any atom is 0.229 e. The number of ether oxygens (including phenoxy) is 1. The topological polar surface area (TPSA) is 83.5 Å². The van der Waals surface area contributed by atoms with Crippen molar-refractivity contribution in [3.8, 4) is 0 Å². The molecule has 2 heterocycles. The lowest BCUT2D eigenvalue weighted by Gasteiger charge is -2.16. The standard InChI is InChI=1S/C19H22Cl2N6OS/c1-11-8-12(2)24-18(23-11)26-17(22-10-14-4-3-7-28-14)27-19(29)25-16-6-5-13(20)9-15(16)21/h5-6,8-9,14H,3-4,7,10H2,1-2H3,(H3,22,23,24,25,26,27,29). The molecule has 154 valence electrons. The minimum absolute atomic E-state index is 0.0982. The van der Waals surface area contributed by atoms with Crippen LogP contribution in [0.5, 0.6) is 0 Å². The smallest absolute Gasteiger partial charge is 0.229 e. The second kappa shape index (κ2) is 10.2. The Morgan fingerprint density at radius 1 is 1.21 bits per heavy atom. The van der Waals surface area contributed by atoms with E-state index < -0.39 is 0 Å². The van der Waals surface area contributed by atoms with Crippen molar-refractivity contribution >= 4 is 58.1 Å². The summed E-state index contributed by atoms with van der Waals surface area (Å²) < 4.78 is 5.65. The number of nitrogens with one attached hydrogen (secondary N) is 3. The molecule has 0 aliphatic carbocycles. The fourth-order valence-electron chi connectivity index (χ4n) is 2.83. The summed E-state index contributed by atoms with van der Waals surface area (Å²) in [6.07, 6.45) is 2.13. The highest BCUT2D eigenvalue weighted by Gasteiger charge is 2.16. The van der Waals surface area contributed by atoms with Crippen LogP contribution in [0.15, 0.2) is 29.3 Å². The lowest BCUT2D eigenvalue weighted by molar-refractivity contribution is 0.118. The normalized spacial score (nSPS) is 16.6. The molecule has 1 saturated heterocycles. The first-order valence-electron chi connectivity index (χ1n) is 9.17. The zero-order valence-corrected chi connectivity index (χ0v) is 18.5. The van der Waals surface area contributed by atoms with Gasteiger partial charge >= 0.3 is 0 Å². The molecule has 0 bridgehead atoms. The van der Waals surface area contributed by atoms with Crippen LogP contribution in [0, 0.1) is 13.8 Å². The molecule has 1 aromatic carbocycles. The molecule has 1 aliphatic rings. The van der Waals surface area contributed by atoms with Crippen molar-refractivity contribution in [1.29, 1.82) is 0 Å². The number of guanidine groups is 1. The van der Waals surface area contributed by atoms with Crippen molar-refractivity contribution in [3.05, 3.63) is 45.7 Å². The van der Waals surface area contributed by atoms with Gasteiger partial charge in [0.25, 0.3) is 0 Å². The van der Waals surface area contributed by atoms with Crippen LogP contribution in [-0.4, -0.2) is 40.3 Å². The van der Waals surface area contributed by atoms with Crippen LogP contribution in [0.2, 0.25) is 10.0 Å². The second-order valence-corrected chi connectivity index (χ2v) is 7.88. The van der Waals surface area contributed by atoms with Crippen molar-refractivity contribution in [1.82, 2.24) is 15.3 Å². The Balaban J connectivity index is 1.72. The highest BCUT2D eigenvalue weighted by Crippen LogP contribution is 2.25. The summed E-state index contributed by atoms with van der Waals surface area (Å²) in [4.78, 5) is 13.4. The molecular formula is C19H22Cl2N6OS. The fraction of sp³-hybridized carbons (Fsp3) is 0.368. The molecule has 1 unspecified atom stereocenters. The monoisotopic (exact) mass is 452 g/mol. The van der Waals surface area contributed by atoms with Gasteiger partial charge in [0.2, 0.25) is 11.9 Å². The van der Waals surface area contributed by atoms with Gasteiger partial charge in [-0.3, -0.25) is 5.32 Å². The van der Waals surface area contributed by atoms with E-state index in [-0.39, 0.29) is 6.10 Å². The van der Waals surface area contributed by atoms with E-state index in [0.29, 0.717) is 39.3 Å². The maximum atomic E-state index is 6.21. The first kappa shape index (κ1) is 21.7. The average Bonchev–Trinajstić information content (AvgIpc) is 3.15. The number of hydrogen-bond acceptors (Lipinski definition) is 5. The Morgan fingerprint density at radius 3 is 2.62 bits per heavy atom. The van der Waals surface area contributed by atoms with E-state index in [9.17, 15) is 0 Å². The highest BCUT2D eigenvalue weighted by molar-refractivity contribution is 7.80. The van der Waals surface area contributed by atoms with E-state index in [1.54, 1.807) is 18.2 Å². The molecule has 1 fully saturated rings. The molecule has 7 nitrogen and oxygen atoms in total. The maximum absolute atomic E-state index is 6.21. The number of halogens is 2. The number of aromatic nitrogens is 2. The summed E-state index contributed by atoms with van der Waals surface area (Å²) in [5.41, 5.74) is 2.34. The summed E-state index contributed by atoms with van der Waals surface area (Å²) >= 11 is 17.6. The predicted molar refractivity (Wildman–Crippen MR) is 122 cm³/mol. The van der Waals surface area contributed by atoms with Crippen LogP contribution in [0.4, 0.5) is 11.6 Å². The van der Waals surface area contributed by atoms with E-state index in [2.05, 4.69) is 30.9 Å². The molecule has 0 amide bonds. The van der Waals surface area contributed by atoms with Crippen LogP contribution in [0.1, 0.15) is 24.2 Å². The molecule has 0 saturated carbocycles. The largest absolute Gasteiger partial charge is 0.376 e. The fourth-order valence-corrected chi connectivity index (χ4v) is 3.49. The Hall–Kier alpha value is -2.00. The van der Waals surface area contributed by atoms with Gasteiger partial charge in [-0.05, 0) is 63.2 Å². The van der Waals surface area contributed by atoms with Gasteiger partial charge in [-0.15, -0.1) is 0 Å². The van der Waals surface area contributed by atoms with Crippen molar-refractivity contribution in [3.63, 3.8) is 0 Å². The lowest BCUT2D eigenvalue weighted by Crippen LogP contribution is -2.39. The first-order chi connectivity index (χ1) is 13.9. The summed E-state index contributed by atoms with van der Waals surface area (Å²) in [6.45, 7) is 5.09. The van der Waals surface area contributed by atoms with Crippen LogP contribution in [0.25, 0.3) is 0 Å². The van der Waals surface area contributed by atoms with E-state index in [1.165, 1.54) is 0 Å². The first-order valence-corrected chi connectivity index (χ1v) is 10.3. The molecule has 0 spiro atoms. The third kappa shape index (κ3) is 6.78. The van der Waals surface area contributed by atoms with Gasteiger partial charge in [0.05, 0.1) is 23.4 Å². The van der Waals surface area contributed by atoms with Crippen LogP contribution in [-0.2, 0) is 4.74 Å². The molecule has 2 aromatic rings. The van der Waals surface area contributed by atoms with Crippen molar-refractivity contribution < 1.29 is 4.74 Å². The van der Waals surface area contributed by atoms with Gasteiger partial charge in [-0.2, -0.15) is 0 Å². The number of rotatable bonds is 4. The third-order valence-electron chi connectivity index (χ3n) is 4.10. The van der Waals surface area contributed by atoms with Crippen molar-refractivity contribution in [2.75, 3.05) is 23.8 Å². The third-order valence-corrected chi connectivity index (χ3v) is 4.85. The van der Waals surface area contributed by atoms with Crippen molar-refractivity contribution in [2.45, 2.75) is 32.8 Å². The molecule has 29 heavy (non-hydrogen) atoms. The molecule has 0 radical (unpaired) electrons. The number of benzene rings is 1. The molecule has 1 aliphatic heterocycles. The summed E-state index contributed by atoms with van der Waals surface area (Å²) in [6, 6.07) is 7.02. The van der Waals surface area contributed by atoms with Gasteiger partial charge in [-0.1, -0.05) is 23.2 Å². The van der Waals surface area contributed by atoms with Gasteiger partial charge in [-0.25, -0.2) is 15.0 Å². The molecular weight excluding hydrogens is 431 g/mol. The number of hydrogen-bond donors (Lipinski definition) is 3. The Kier molecular flexibility index (Phi) is 7.60. The Morgan fingerprint density at radius 2 is 1.97 bits per heavy atom. The summed E-state index contributed by atoms with van der Waals surface area (Å²) in [7, 11) is 0. The minimum atomic E-state index is 0.0982. The molecule has 3 rings (SSSR count). The highest BCUT2D eigenvalue weighted by atomic mass is 35.5. The van der Waals surface area contributed by atoms with Crippen molar-refractivity contribution in [2.24, 2.45) is 4.99 Å². The van der Waals surface area contributed by atoms with E-state index in [0.717, 1.165) is 30.8 Å². The Labute approximate surface area is 185 Å². The zero-order valence-electron chi connectivity index (χ0n) is 16.1. The zero-order chi connectivity index (χ0) is 20.8. The van der Waals surface area contributed by atoms with E-state index in [4.69, 9.17) is 40.2 Å². The molecule has 3 N–H and O–H groups in total. The number of aryl methyl sites for hydroxylation is 2. The van der Waals surface area contributed by atoms with E-state index >= 15 is 0 Å². The number of nitrogens with zero attached hydrogens (tertiary/aromatic N) is 3. The minimum Gasteiger partial charge on any atom is -0.376 e. The number of thiocarbonyl (C=S) groups is 1. The van der Waals surface area contributed by atoms with Gasteiger partial charge in [0, 0.05) is 23.0 Å². The van der Waals surface area contributed by atoms with Crippen LogP contribution < -0.4 is 16.0 Å². The summed E-state index contributed by atoms with van der Waals surface area (Å²) in [5.74, 6) is 0.863. The second-order valence-electron chi connectivity index (χ2n) is 6.63. The van der Waals surface area contributed by atoms with Gasteiger partial charge in [0.1, 0.15) is 0 Å². The number of aliphatic imine (C=N–C) groups is 1. The SMILES string of the molecule is Cc1cc(C)nc(NC(=NCC2CCCO2)NC(=S)Nc2ccc(Cl)cc2Cl)n1. The summed E-state index contributed by atoms with van der Waals surface area (Å²) in [5, 5.41) is 10.5. The van der Waals surface area contributed by atoms with Gasteiger partial charge in [0.15, 0.2) is 5.11 Å². The number of anilines is 2. The van der Waals surface area contributed by atoms with E-state index in [1.807, 2.05) is 19.9 Å². The quantitative estimate of drug-likeness (QED) is 0.361. The average molecular weight is 453 g/mol. The molecule has 1 atom stereocenters.